The summed E-state index contributed by atoms with van der Waals surface area (Å²) in [4.78, 5) is 4.25. The Balaban J connectivity index is 2.10. The monoisotopic (exact) mass is 241 g/mol. The van der Waals surface area contributed by atoms with E-state index in [1.165, 1.54) is 10.9 Å². The molecule has 3 aromatic rings. The van der Waals surface area contributed by atoms with E-state index in [0.29, 0.717) is 13.1 Å². The van der Waals surface area contributed by atoms with Gasteiger partial charge in [-0.3, -0.25) is 4.68 Å². The molecule has 18 heavy (non-hydrogen) atoms. The van der Waals surface area contributed by atoms with Gasteiger partial charge in [0.25, 0.3) is 0 Å². The summed E-state index contributed by atoms with van der Waals surface area (Å²) in [5.41, 5.74) is 8.14. The van der Waals surface area contributed by atoms with E-state index in [2.05, 4.69) is 39.0 Å². The molecular formula is C13H15N5. The van der Waals surface area contributed by atoms with E-state index in [1.807, 2.05) is 13.1 Å². The highest BCUT2D eigenvalue weighted by Gasteiger charge is 2.08. The maximum atomic E-state index is 5.80. The molecule has 0 bridgehead atoms. The lowest BCUT2D eigenvalue weighted by Crippen LogP contribution is -2.08. The molecule has 2 N–H and O–H groups in total. The number of nitrogens with two attached hydrogens (primary N) is 1. The van der Waals surface area contributed by atoms with Gasteiger partial charge in [-0.1, -0.05) is 18.2 Å². The van der Waals surface area contributed by atoms with Crippen LogP contribution in [0.4, 0.5) is 0 Å². The average Bonchev–Trinajstić information content (AvgIpc) is 2.97. The number of hydrogen-bond acceptors (Lipinski definition) is 3. The van der Waals surface area contributed by atoms with Crippen molar-refractivity contribution >= 4 is 10.9 Å². The molecule has 92 valence electrons. The second-order valence-electron chi connectivity index (χ2n) is 4.30. The van der Waals surface area contributed by atoms with Crippen molar-refractivity contribution in [3.8, 4) is 0 Å². The number of aromatic nitrogens is 4. The summed E-state index contributed by atoms with van der Waals surface area (Å²) in [6, 6.07) is 8.30. The van der Waals surface area contributed by atoms with Gasteiger partial charge < -0.3 is 10.3 Å². The predicted molar refractivity (Wildman–Crippen MR) is 69.9 cm³/mol. The topological polar surface area (TPSA) is 61.7 Å². The second kappa shape index (κ2) is 4.27. The summed E-state index contributed by atoms with van der Waals surface area (Å²) < 4.78 is 3.96. The fourth-order valence-corrected chi connectivity index (χ4v) is 2.25. The molecule has 0 saturated carbocycles. The maximum absolute atomic E-state index is 5.80. The van der Waals surface area contributed by atoms with Crippen molar-refractivity contribution < 1.29 is 0 Å². The Morgan fingerprint density at radius 2 is 2.17 bits per heavy atom. The highest BCUT2D eigenvalue weighted by molar-refractivity contribution is 5.83. The minimum atomic E-state index is 0.542. The van der Waals surface area contributed by atoms with E-state index in [4.69, 9.17) is 5.73 Å². The molecule has 0 radical (unpaired) electrons. The first-order valence-corrected chi connectivity index (χ1v) is 5.89. The molecule has 0 saturated heterocycles. The lowest BCUT2D eigenvalue weighted by atomic mass is 10.1. The Kier molecular flexibility index (Phi) is 2.60. The second-order valence-corrected chi connectivity index (χ2v) is 4.30. The largest absolute Gasteiger partial charge is 0.340 e. The van der Waals surface area contributed by atoms with Crippen molar-refractivity contribution in [3.63, 3.8) is 0 Å². The molecule has 0 spiro atoms. The van der Waals surface area contributed by atoms with Gasteiger partial charge >= 0.3 is 0 Å². The van der Waals surface area contributed by atoms with Crippen molar-refractivity contribution in [2.75, 3.05) is 0 Å². The highest BCUT2D eigenvalue weighted by atomic mass is 15.3. The van der Waals surface area contributed by atoms with Gasteiger partial charge in [-0.15, -0.1) is 0 Å². The van der Waals surface area contributed by atoms with Crippen LogP contribution in [-0.4, -0.2) is 19.3 Å². The fourth-order valence-electron chi connectivity index (χ4n) is 2.25. The van der Waals surface area contributed by atoms with Gasteiger partial charge in [-0.25, -0.2) is 4.98 Å². The number of hydrogen-bond donors (Lipinski definition) is 1. The number of benzene rings is 1. The number of aryl methyl sites for hydroxylation is 1. The third kappa shape index (κ3) is 1.69. The summed E-state index contributed by atoms with van der Waals surface area (Å²) in [6.07, 6.45) is 3.64. The van der Waals surface area contributed by atoms with Crippen molar-refractivity contribution in [3.05, 3.63) is 48.2 Å². The maximum Gasteiger partial charge on any atom is 0.146 e. The minimum Gasteiger partial charge on any atom is -0.340 e. The van der Waals surface area contributed by atoms with Crippen LogP contribution in [0.15, 0.2) is 36.8 Å². The molecular weight excluding hydrogens is 226 g/mol. The quantitative estimate of drug-likeness (QED) is 0.751. The molecule has 2 heterocycles. The first-order valence-electron chi connectivity index (χ1n) is 5.89. The van der Waals surface area contributed by atoms with Crippen LogP contribution >= 0.6 is 0 Å². The Morgan fingerprint density at radius 1 is 1.28 bits per heavy atom. The molecule has 0 amide bonds. The molecule has 0 atom stereocenters. The molecule has 5 heteroatoms. The van der Waals surface area contributed by atoms with Crippen LogP contribution in [0.25, 0.3) is 10.9 Å². The zero-order valence-corrected chi connectivity index (χ0v) is 10.2. The van der Waals surface area contributed by atoms with E-state index in [9.17, 15) is 0 Å². The van der Waals surface area contributed by atoms with E-state index >= 15 is 0 Å². The van der Waals surface area contributed by atoms with Crippen LogP contribution in [0.5, 0.6) is 0 Å². The number of rotatable bonds is 3. The molecule has 0 unspecified atom stereocenters. The van der Waals surface area contributed by atoms with Gasteiger partial charge in [0.05, 0.1) is 12.1 Å². The molecule has 0 aliphatic heterocycles. The molecule has 5 nitrogen and oxygen atoms in total. The third-order valence-electron chi connectivity index (χ3n) is 3.21. The van der Waals surface area contributed by atoms with Gasteiger partial charge in [0.15, 0.2) is 0 Å². The predicted octanol–water partition coefficient (Wildman–Crippen LogP) is 1.28. The Bertz CT molecular complexity index is 680. The summed E-state index contributed by atoms with van der Waals surface area (Å²) in [6.45, 7) is 1.25. The summed E-state index contributed by atoms with van der Waals surface area (Å²) in [5.74, 6) is 0.930. The standard InChI is InChI=1S/C13H15N5/c1-17-12(15-9-16-17)8-18-6-5-10-3-2-4-11(7-14)13(10)18/h2-6,9H,7-8,14H2,1H3. The first kappa shape index (κ1) is 11.0. The highest BCUT2D eigenvalue weighted by Crippen LogP contribution is 2.20. The molecule has 1 aromatic carbocycles. The van der Waals surface area contributed by atoms with Crippen LogP contribution in [0.3, 0.4) is 0 Å². The molecule has 2 aromatic heterocycles. The van der Waals surface area contributed by atoms with Gasteiger partial charge in [0.1, 0.15) is 12.2 Å². The number of nitrogens with zero attached hydrogens (tertiary/aromatic N) is 4. The summed E-state index contributed by atoms with van der Waals surface area (Å²) >= 11 is 0. The van der Waals surface area contributed by atoms with Gasteiger partial charge in [0.2, 0.25) is 0 Å². The van der Waals surface area contributed by atoms with Crippen molar-refractivity contribution in [2.24, 2.45) is 12.8 Å². The van der Waals surface area contributed by atoms with Crippen LogP contribution in [0.1, 0.15) is 11.4 Å². The van der Waals surface area contributed by atoms with Gasteiger partial charge in [0, 0.05) is 19.8 Å². The van der Waals surface area contributed by atoms with Crippen LogP contribution in [0, 0.1) is 0 Å². The van der Waals surface area contributed by atoms with E-state index < -0.39 is 0 Å². The molecule has 3 rings (SSSR count). The van der Waals surface area contributed by atoms with Gasteiger partial charge in [-0.2, -0.15) is 5.10 Å². The van der Waals surface area contributed by atoms with Crippen molar-refractivity contribution in [1.29, 1.82) is 0 Å². The lowest BCUT2D eigenvalue weighted by molar-refractivity contribution is 0.663. The normalized spacial score (nSPS) is 11.2. The van der Waals surface area contributed by atoms with E-state index in [1.54, 1.807) is 11.0 Å². The molecule has 0 aliphatic carbocycles. The zero-order chi connectivity index (χ0) is 12.5. The van der Waals surface area contributed by atoms with E-state index in [0.717, 1.165) is 11.4 Å². The lowest BCUT2D eigenvalue weighted by Gasteiger charge is -2.08. The smallest absolute Gasteiger partial charge is 0.146 e. The van der Waals surface area contributed by atoms with Crippen LogP contribution < -0.4 is 5.73 Å². The van der Waals surface area contributed by atoms with Crippen LogP contribution in [0.2, 0.25) is 0 Å². The van der Waals surface area contributed by atoms with E-state index in [-0.39, 0.29) is 0 Å². The third-order valence-corrected chi connectivity index (χ3v) is 3.21. The van der Waals surface area contributed by atoms with Crippen LogP contribution in [-0.2, 0) is 20.1 Å². The fraction of sp³-hybridized carbons (Fsp3) is 0.231. The first-order chi connectivity index (χ1) is 8.79. The molecule has 0 aliphatic rings. The number of para-hydroxylation sites is 1. The minimum absolute atomic E-state index is 0.542. The average molecular weight is 241 g/mol. The van der Waals surface area contributed by atoms with Crippen molar-refractivity contribution in [2.45, 2.75) is 13.1 Å². The summed E-state index contributed by atoms with van der Waals surface area (Å²) in [5, 5.41) is 5.30. The Morgan fingerprint density at radius 3 is 2.89 bits per heavy atom. The SMILES string of the molecule is Cn1ncnc1Cn1ccc2cccc(CN)c21. The van der Waals surface area contributed by atoms with Gasteiger partial charge in [-0.05, 0) is 17.0 Å². The molecule has 0 fully saturated rings. The summed E-state index contributed by atoms with van der Waals surface area (Å²) in [7, 11) is 1.90. The van der Waals surface area contributed by atoms with Crippen molar-refractivity contribution in [1.82, 2.24) is 19.3 Å². The Labute approximate surface area is 105 Å². The Hall–Kier alpha value is -2.14. The number of fused-ring (bicyclic) bond motifs is 1. The zero-order valence-electron chi connectivity index (χ0n) is 10.2.